The summed E-state index contributed by atoms with van der Waals surface area (Å²) < 4.78 is 27.0. The second-order valence-corrected chi connectivity index (χ2v) is 5.35. The molecule has 0 aliphatic rings. The first-order chi connectivity index (χ1) is 7.57. The Morgan fingerprint density at radius 1 is 1.31 bits per heavy atom. The van der Waals surface area contributed by atoms with E-state index >= 15 is 0 Å². The van der Waals surface area contributed by atoms with Gasteiger partial charge in [-0.05, 0) is 37.0 Å². The topological polar surface area (TPSA) is 43.4 Å². The summed E-state index contributed by atoms with van der Waals surface area (Å²) in [5.74, 6) is 0. The van der Waals surface area contributed by atoms with Gasteiger partial charge in [0, 0.05) is 4.90 Å². The molecule has 0 unspecified atom stereocenters. The Hall–Kier alpha value is -0.780. The molecule has 0 saturated heterocycles. The van der Waals surface area contributed by atoms with Crippen molar-refractivity contribution in [2.75, 3.05) is 12.9 Å². The van der Waals surface area contributed by atoms with Crippen LogP contribution in [0.1, 0.15) is 12.5 Å². The third-order valence-corrected chi connectivity index (χ3v) is 3.60. The summed E-state index contributed by atoms with van der Waals surface area (Å²) >= 11 is 1.64. The Kier molecular flexibility index (Phi) is 5.05. The third kappa shape index (κ3) is 4.38. The highest BCUT2D eigenvalue weighted by molar-refractivity contribution is 7.98. The van der Waals surface area contributed by atoms with E-state index in [-0.39, 0.29) is 6.61 Å². The molecule has 0 aliphatic heterocycles. The first-order valence-corrected chi connectivity index (χ1v) is 7.48. The first kappa shape index (κ1) is 13.3. The second-order valence-electron chi connectivity index (χ2n) is 2.98. The second kappa shape index (κ2) is 6.08. The highest BCUT2D eigenvalue weighted by Crippen LogP contribution is 2.15. The van der Waals surface area contributed by atoms with Crippen LogP contribution in [0.3, 0.4) is 0 Å². The zero-order valence-electron chi connectivity index (χ0n) is 9.21. The summed E-state index contributed by atoms with van der Waals surface area (Å²) in [5, 5.41) is 1.07. The van der Waals surface area contributed by atoms with Gasteiger partial charge in [0.25, 0.3) is 10.1 Å². The summed E-state index contributed by atoms with van der Waals surface area (Å²) in [6.07, 6.45) is 3.51. The molecule has 0 amide bonds. The number of rotatable bonds is 5. The Balaban J connectivity index is 2.76. The van der Waals surface area contributed by atoms with Crippen LogP contribution < -0.4 is 0 Å². The Morgan fingerprint density at radius 2 is 1.94 bits per heavy atom. The van der Waals surface area contributed by atoms with Gasteiger partial charge >= 0.3 is 0 Å². The van der Waals surface area contributed by atoms with E-state index in [2.05, 4.69) is 4.18 Å². The normalized spacial score (nSPS) is 12.1. The maximum Gasteiger partial charge on any atom is 0.290 e. The average Bonchev–Trinajstić information content (AvgIpc) is 2.27. The van der Waals surface area contributed by atoms with Crippen molar-refractivity contribution in [1.82, 2.24) is 0 Å². The Bertz CT molecular complexity index is 447. The number of hydrogen-bond acceptors (Lipinski definition) is 4. The van der Waals surface area contributed by atoms with Crippen LogP contribution in [0.25, 0.3) is 6.08 Å². The van der Waals surface area contributed by atoms with Crippen molar-refractivity contribution in [3.05, 3.63) is 35.2 Å². The lowest BCUT2D eigenvalue weighted by Crippen LogP contribution is -2.00. The van der Waals surface area contributed by atoms with Gasteiger partial charge in [-0.15, -0.1) is 11.8 Å². The van der Waals surface area contributed by atoms with E-state index in [1.54, 1.807) is 18.7 Å². The third-order valence-electron chi connectivity index (χ3n) is 1.83. The fourth-order valence-electron chi connectivity index (χ4n) is 1.08. The zero-order valence-corrected chi connectivity index (χ0v) is 10.8. The standard InChI is InChI=1S/C11H14O3S2/c1-3-14-16(12,13)9-8-10-4-6-11(15-2)7-5-10/h4-9H,3H2,1-2H3/b9-8+. The molecular formula is C11H14O3S2. The van der Waals surface area contributed by atoms with Gasteiger partial charge in [0.2, 0.25) is 0 Å². The minimum Gasteiger partial charge on any atom is -0.267 e. The van der Waals surface area contributed by atoms with E-state index in [4.69, 9.17) is 0 Å². The molecule has 5 heteroatoms. The molecule has 1 rings (SSSR count). The first-order valence-electron chi connectivity index (χ1n) is 4.79. The molecule has 16 heavy (non-hydrogen) atoms. The van der Waals surface area contributed by atoms with Crippen molar-refractivity contribution in [2.45, 2.75) is 11.8 Å². The van der Waals surface area contributed by atoms with Crippen LogP contribution in [0.4, 0.5) is 0 Å². The molecule has 1 aromatic rings. The highest BCUT2D eigenvalue weighted by Gasteiger charge is 2.02. The van der Waals surface area contributed by atoms with E-state index in [9.17, 15) is 8.42 Å². The predicted octanol–water partition coefficient (Wildman–Crippen LogP) is 2.75. The van der Waals surface area contributed by atoms with Crippen LogP contribution in [0, 0.1) is 0 Å². The molecule has 88 valence electrons. The molecule has 0 spiro atoms. The van der Waals surface area contributed by atoms with Gasteiger partial charge in [-0.1, -0.05) is 12.1 Å². The molecule has 0 fully saturated rings. The van der Waals surface area contributed by atoms with E-state index < -0.39 is 10.1 Å². The number of hydrogen-bond donors (Lipinski definition) is 0. The number of thioether (sulfide) groups is 1. The van der Waals surface area contributed by atoms with Crippen molar-refractivity contribution in [1.29, 1.82) is 0 Å². The minimum absolute atomic E-state index is 0.151. The van der Waals surface area contributed by atoms with Crippen LogP contribution in [0.5, 0.6) is 0 Å². The molecule has 0 N–H and O–H groups in total. The molecular weight excluding hydrogens is 244 g/mol. The van der Waals surface area contributed by atoms with Crippen LogP contribution in [-0.2, 0) is 14.3 Å². The molecule has 0 atom stereocenters. The van der Waals surface area contributed by atoms with Crippen LogP contribution >= 0.6 is 11.8 Å². The lowest BCUT2D eigenvalue weighted by Gasteiger charge is -1.98. The summed E-state index contributed by atoms with van der Waals surface area (Å²) in [5.41, 5.74) is 0.834. The van der Waals surface area contributed by atoms with Crippen molar-refractivity contribution in [2.24, 2.45) is 0 Å². The molecule has 0 aromatic heterocycles. The van der Waals surface area contributed by atoms with Gasteiger partial charge in [-0.2, -0.15) is 8.42 Å². The maximum absolute atomic E-state index is 11.2. The largest absolute Gasteiger partial charge is 0.290 e. The van der Waals surface area contributed by atoms with Gasteiger partial charge in [0.05, 0.1) is 12.0 Å². The highest BCUT2D eigenvalue weighted by atomic mass is 32.2. The van der Waals surface area contributed by atoms with Crippen LogP contribution in [0.2, 0.25) is 0 Å². The molecule has 0 saturated carbocycles. The van der Waals surface area contributed by atoms with Crippen molar-refractivity contribution in [3.63, 3.8) is 0 Å². The lowest BCUT2D eigenvalue weighted by atomic mass is 10.2. The molecule has 1 aromatic carbocycles. The summed E-state index contributed by atoms with van der Waals surface area (Å²) in [6, 6.07) is 7.61. The Morgan fingerprint density at radius 3 is 2.44 bits per heavy atom. The monoisotopic (exact) mass is 258 g/mol. The van der Waals surface area contributed by atoms with Gasteiger partial charge in [-0.3, -0.25) is 4.18 Å². The SMILES string of the molecule is CCOS(=O)(=O)/C=C/c1ccc(SC)cc1. The van der Waals surface area contributed by atoms with Crippen molar-refractivity contribution >= 4 is 28.0 Å². The summed E-state index contributed by atoms with van der Waals surface area (Å²) in [6.45, 7) is 1.79. The summed E-state index contributed by atoms with van der Waals surface area (Å²) in [4.78, 5) is 1.14. The fraction of sp³-hybridized carbons (Fsp3) is 0.273. The van der Waals surface area contributed by atoms with E-state index in [1.165, 1.54) is 6.08 Å². The molecule has 3 nitrogen and oxygen atoms in total. The van der Waals surface area contributed by atoms with Crippen LogP contribution in [0.15, 0.2) is 34.6 Å². The van der Waals surface area contributed by atoms with Crippen molar-refractivity contribution < 1.29 is 12.6 Å². The maximum atomic E-state index is 11.2. The minimum atomic E-state index is -3.53. The predicted molar refractivity (Wildman–Crippen MR) is 67.8 cm³/mol. The number of benzene rings is 1. The quantitative estimate of drug-likeness (QED) is 0.601. The average molecular weight is 258 g/mol. The molecule has 0 bridgehead atoms. The van der Waals surface area contributed by atoms with Gasteiger partial charge < -0.3 is 0 Å². The molecule has 0 heterocycles. The van der Waals surface area contributed by atoms with Crippen molar-refractivity contribution in [3.8, 4) is 0 Å². The van der Waals surface area contributed by atoms with E-state index in [0.717, 1.165) is 15.9 Å². The molecule has 0 aliphatic carbocycles. The summed E-state index contributed by atoms with van der Waals surface area (Å²) in [7, 11) is -3.53. The van der Waals surface area contributed by atoms with Gasteiger partial charge in [0.1, 0.15) is 0 Å². The Labute approximate surface area is 101 Å². The fourth-order valence-corrected chi connectivity index (χ4v) is 2.22. The lowest BCUT2D eigenvalue weighted by molar-refractivity contribution is 0.345. The van der Waals surface area contributed by atoms with Crippen LogP contribution in [-0.4, -0.2) is 21.3 Å². The van der Waals surface area contributed by atoms with Gasteiger partial charge in [0.15, 0.2) is 0 Å². The van der Waals surface area contributed by atoms with Gasteiger partial charge in [-0.25, -0.2) is 0 Å². The smallest absolute Gasteiger partial charge is 0.267 e. The zero-order chi connectivity index (χ0) is 12.0. The van der Waals surface area contributed by atoms with E-state index in [0.29, 0.717) is 0 Å². The van der Waals surface area contributed by atoms with E-state index in [1.807, 2.05) is 30.5 Å². The molecule has 0 radical (unpaired) electrons.